The van der Waals surface area contributed by atoms with Crippen LogP contribution in [0.4, 0.5) is 5.13 Å². The highest BCUT2D eigenvalue weighted by Gasteiger charge is 2.15. The van der Waals surface area contributed by atoms with Crippen LogP contribution in [0.15, 0.2) is 22.1 Å². The van der Waals surface area contributed by atoms with Gasteiger partial charge in [0.15, 0.2) is 5.13 Å². The highest BCUT2D eigenvalue weighted by Crippen LogP contribution is 2.24. The lowest BCUT2D eigenvalue weighted by molar-refractivity contribution is 0.0953. The van der Waals surface area contributed by atoms with Gasteiger partial charge in [-0.05, 0) is 18.9 Å². The van der Waals surface area contributed by atoms with Crippen LogP contribution >= 0.6 is 36.2 Å². The fourth-order valence-corrected chi connectivity index (χ4v) is 3.39. The number of carbonyl (C=O) groups excluding carboxylic acids is 1. The second-order valence-corrected chi connectivity index (χ2v) is 6.16. The number of amides is 1. The summed E-state index contributed by atoms with van der Waals surface area (Å²) in [6.45, 7) is 3.07. The van der Waals surface area contributed by atoms with Gasteiger partial charge in [0.2, 0.25) is 0 Å². The molecule has 2 aromatic rings. The van der Waals surface area contributed by atoms with Crippen LogP contribution in [-0.4, -0.2) is 30.5 Å². The Balaban J connectivity index is 0.00000144. The van der Waals surface area contributed by atoms with E-state index in [-0.39, 0.29) is 30.7 Å². The van der Waals surface area contributed by atoms with Gasteiger partial charge in [-0.1, -0.05) is 0 Å². The zero-order valence-corrected chi connectivity index (χ0v) is 15.6. The molecule has 0 aliphatic carbocycles. The molecule has 0 bridgehead atoms. The Bertz CT molecular complexity index is 641. The zero-order valence-electron chi connectivity index (χ0n) is 13.2. The van der Waals surface area contributed by atoms with Crippen molar-refractivity contribution in [2.24, 2.45) is 5.73 Å². The van der Waals surface area contributed by atoms with E-state index in [9.17, 15) is 4.79 Å². The van der Waals surface area contributed by atoms with Crippen LogP contribution in [0.1, 0.15) is 34.7 Å². The topological polar surface area (TPSA) is 84.4 Å². The zero-order chi connectivity index (χ0) is 15.4. The third kappa shape index (κ3) is 5.11. The number of anilines is 1. The van der Waals surface area contributed by atoms with Gasteiger partial charge in [0.25, 0.3) is 5.91 Å². The van der Waals surface area contributed by atoms with Crippen LogP contribution in [0.25, 0.3) is 0 Å². The minimum absolute atomic E-state index is 0. The van der Waals surface area contributed by atoms with E-state index in [1.165, 1.54) is 19.1 Å². The van der Waals surface area contributed by atoms with Gasteiger partial charge in [-0.15, -0.1) is 36.2 Å². The summed E-state index contributed by atoms with van der Waals surface area (Å²) in [7, 11) is 0. The van der Waals surface area contributed by atoms with Gasteiger partial charge in [-0.3, -0.25) is 4.79 Å². The number of nitrogens with zero attached hydrogens (tertiary/aromatic N) is 2. The lowest BCUT2D eigenvalue weighted by Gasteiger charge is -2.12. The molecule has 0 unspecified atom stereocenters. The molecule has 0 spiro atoms. The molecular formula is C15H22Cl2N4O2S. The molecule has 1 aliphatic heterocycles. The third-order valence-corrected chi connectivity index (χ3v) is 4.65. The summed E-state index contributed by atoms with van der Waals surface area (Å²) in [5.41, 5.74) is 7.00. The Morgan fingerprint density at radius 2 is 2.12 bits per heavy atom. The van der Waals surface area contributed by atoms with E-state index in [1.807, 2.05) is 0 Å². The molecule has 1 amide bonds. The first-order valence-corrected chi connectivity index (χ1v) is 8.39. The number of hydrogen-bond donors (Lipinski definition) is 2. The molecule has 24 heavy (non-hydrogen) atoms. The second-order valence-electron chi connectivity index (χ2n) is 5.33. The summed E-state index contributed by atoms with van der Waals surface area (Å²) in [6, 6.07) is 1.67. The molecule has 3 N–H and O–H groups in total. The normalized spacial score (nSPS) is 13.3. The summed E-state index contributed by atoms with van der Waals surface area (Å²) in [5.74, 6) is 0.471. The lowest BCUT2D eigenvalue weighted by atomic mass is 10.2. The first kappa shape index (κ1) is 20.8. The van der Waals surface area contributed by atoms with E-state index >= 15 is 0 Å². The molecule has 3 rings (SSSR count). The van der Waals surface area contributed by atoms with Crippen molar-refractivity contribution in [3.8, 4) is 0 Å². The van der Waals surface area contributed by atoms with Gasteiger partial charge in [-0.2, -0.15) is 0 Å². The third-order valence-electron chi connectivity index (χ3n) is 3.70. The van der Waals surface area contributed by atoms with Crippen molar-refractivity contribution in [2.45, 2.75) is 25.8 Å². The molecule has 134 valence electrons. The van der Waals surface area contributed by atoms with Crippen molar-refractivity contribution < 1.29 is 9.21 Å². The number of rotatable bonds is 6. The van der Waals surface area contributed by atoms with Gasteiger partial charge in [0.05, 0.1) is 17.8 Å². The summed E-state index contributed by atoms with van der Waals surface area (Å²) < 4.78 is 5.16. The minimum Gasteiger partial charge on any atom is -0.467 e. The molecule has 6 nitrogen and oxygen atoms in total. The Morgan fingerprint density at radius 1 is 1.38 bits per heavy atom. The maximum atomic E-state index is 11.9. The summed E-state index contributed by atoms with van der Waals surface area (Å²) >= 11 is 1.68. The number of furan rings is 1. The van der Waals surface area contributed by atoms with Crippen LogP contribution in [0, 0.1) is 0 Å². The number of hydrogen-bond acceptors (Lipinski definition) is 6. The lowest BCUT2D eigenvalue weighted by Crippen LogP contribution is -2.25. The predicted octanol–water partition coefficient (Wildman–Crippen LogP) is 2.61. The van der Waals surface area contributed by atoms with Gasteiger partial charge < -0.3 is 20.4 Å². The summed E-state index contributed by atoms with van der Waals surface area (Å²) in [6.07, 6.45) is 4.67. The number of carbonyl (C=O) groups is 1. The van der Waals surface area contributed by atoms with Crippen molar-refractivity contribution >= 4 is 47.2 Å². The van der Waals surface area contributed by atoms with Crippen LogP contribution in [0.2, 0.25) is 0 Å². The molecule has 0 atom stereocenters. The predicted molar refractivity (Wildman–Crippen MR) is 101 cm³/mol. The minimum atomic E-state index is -0.140. The van der Waals surface area contributed by atoms with E-state index in [1.54, 1.807) is 17.4 Å². The average molecular weight is 393 g/mol. The SMILES string of the molecule is Cl.Cl.NCc1cc(C(=O)NCCc2csc(N3CCCC3)n2)co1. The molecule has 9 heteroatoms. The van der Waals surface area contributed by atoms with Crippen molar-refractivity contribution in [1.82, 2.24) is 10.3 Å². The smallest absolute Gasteiger partial charge is 0.254 e. The monoisotopic (exact) mass is 392 g/mol. The standard InChI is InChI=1S/C15H20N4O2S.2ClH/c16-8-13-7-11(9-21-13)14(20)17-4-3-12-10-22-15(18-12)19-5-1-2-6-19;;/h7,9-10H,1-6,8,16H2,(H,17,20);2*1H. The fourth-order valence-electron chi connectivity index (χ4n) is 2.48. The quantitative estimate of drug-likeness (QED) is 0.788. The molecular weight excluding hydrogens is 371 g/mol. The molecule has 1 fully saturated rings. The van der Waals surface area contributed by atoms with Crippen LogP contribution in [-0.2, 0) is 13.0 Å². The van der Waals surface area contributed by atoms with E-state index in [4.69, 9.17) is 10.2 Å². The Hall–Kier alpha value is -1.28. The number of nitrogens with two attached hydrogens (primary N) is 1. The van der Waals surface area contributed by atoms with E-state index in [0.717, 1.165) is 30.3 Å². The van der Waals surface area contributed by atoms with Crippen LogP contribution in [0.5, 0.6) is 0 Å². The maximum Gasteiger partial charge on any atom is 0.254 e. The van der Waals surface area contributed by atoms with E-state index in [2.05, 4.69) is 20.6 Å². The largest absolute Gasteiger partial charge is 0.467 e. The maximum absolute atomic E-state index is 11.9. The second kappa shape index (κ2) is 9.88. The number of thiazole rings is 1. The van der Waals surface area contributed by atoms with Crippen molar-refractivity contribution in [3.63, 3.8) is 0 Å². The van der Waals surface area contributed by atoms with Gasteiger partial charge in [0, 0.05) is 31.4 Å². The van der Waals surface area contributed by atoms with Crippen molar-refractivity contribution in [2.75, 3.05) is 24.5 Å². The first-order valence-electron chi connectivity index (χ1n) is 7.51. The van der Waals surface area contributed by atoms with Crippen LogP contribution in [0.3, 0.4) is 0 Å². The van der Waals surface area contributed by atoms with Crippen LogP contribution < -0.4 is 16.0 Å². The molecule has 2 aromatic heterocycles. The Labute approximate surface area is 157 Å². The molecule has 0 aromatic carbocycles. The molecule has 0 saturated carbocycles. The first-order chi connectivity index (χ1) is 10.8. The molecule has 0 radical (unpaired) electrons. The van der Waals surface area contributed by atoms with Crippen molar-refractivity contribution in [1.29, 1.82) is 0 Å². The van der Waals surface area contributed by atoms with Gasteiger partial charge >= 0.3 is 0 Å². The Morgan fingerprint density at radius 3 is 2.79 bits per heavy atom. The van der Waals surface area contributed by atoms with E-state index in [0.29, 0.717) is 24.4 Å². The Kier molecular flexibility index (Phi) is 8.55. The number of halogens is 2. The van der Waals surface area contributed by atoms with Gasteiger partial charge in [-0.25, -0.2) is 4.98 Å². The number of nitrogens with one attached hydrogen (secondary N) is 1. The average Bonchev–Trinajstić information content (AvgIpc) is 3.27. The summed E-state index contributed by atoms with van der Waals surface area (Å²) in [4.78, 5) is 18.9. The molecule has 3 heterocycles. The molecule has 1 aliphatic rings. The van der Waals surface area contributed by atoms with E-state index < -0.39 is 0 Å². The van der Waals surface area contributed by atoms with Gasteiger partial charge in [0.1, 0.15) is 12.0 Å². The highest BCUT2D eigenvalue weighted by molar-refractivity contribution is 7.13. The number of aromatic nitrogens is 1. The summed E-state index contributed by atoms with van der Waals surface area (Å²) in [5, 5.41) is 6.05. The fraction of sp³-hybridized carbons (Fsp3) is 0.467. The highest BCUT2D eigenvalue weighted by atomic mass is 35.5. The molecule has 1 saturated heterocycles. The van der Waals surface area contributed by atoms with Crippen molar-refractivity contribution in [3.05, 3.63) is 34.7 Å².